The molecular weight excluding hydrogens is 220 g/mol. The fourth-order valence-corrected chi connectivity index (χ4v) is 2.35. The maximum atomic E-state index is 6.07. The molecular formula is C16H28N2. The summed E-state index contributed by atoms with van der Waals surface area (Å²) in [6.45, 7) is 14.4. The smallest absolute Gasteiger partial charge is 0.0359 e. The van der Waals surface area contributed by atoms with Gasteiger partial charge >= 0.3 is 0 Å². The van der Waals surface area contributed by atoms with Crippen molar-refractivity contribution in [3.05, 3.63) is 29.3 Å². The molecule has 1 aromatic carbocycles. The molecule has 0 aromatic heterocycles. The highest BCUT2D eigenvalue weighted by Crippen LogP contribution is 2.17. The molecule has 0 atom stereocenters. The summed E-state index contributed by atoms with van der Waals surface area (Å²) >= 11 is 0. The van der Waals surface area contributed by atoms with Crippen LogP contribution in [-0.2, 0) is 6.54 Å². The number of nitrogens with two attached hydrogens (primary N) is 1. The van der Waals surface area contributed by atoms with Gasteiger partial charge in [-0.3, -0.25) is 4.90 Å². The van der Waals surface area contributed by atoms with Crippen LogP contribution in [0, 0.1) is 18.8 Å². The molecule has 0 aliphatic heterocycles. The molecule has 2 N–H and O–H groups in total. The molecule has 18 heavy (non-hydrogen) atoms. The number of nitrogens with zero attached hydrogens (tertiary/aromatic N) is 1. The number of hydrogen-bond acceptors (Lipinski definition) is 2. The van der Waals surface area contributed by atoms with Crippen molar-refractivity contribution >= 4 is 5.69 Å². The largest absolute Gasteiger partial charge is 0.398 e. The summed E-state index contributed by atoms with van der Waals surface area (Å²) in [6.07, 6.45) is 0. The average molecular weight is 248 g/mol. The lowest BCUT2D eigenvalue weighted by atomic mass is 10.1. The summed E-state index contributed by atoms with van der Waals surface area (Å²) in [6, 6.07) is 6.31. The van der Waals surface area contributed by atoms with Crippen molar-refractivity contribution in [3.8, 4) is 0 Å². The molecule has 0 saturated heterocycles. The van der Waals surface area contributed by atoms with Gasteiger partial charge < -0.3 is 5.73 Å². The van der Waals surface area contributed by atoms with E-state index in [1.165, 1.54) is 11.1 Å². The van der Waals surface area contributed by atoms with Crippen molar-refractivity contribution < 1.29 is 0 Å². The van der Waals surface area contributed by atoms with Crippen LogP contribution < -0.4 is 5.73 Å². The van der Waals surface area contributed by atoms with Crippen molar-refractivity contribution in [1.82, 2.24) is 4.90 Å². The van der Waals surface area contributed by atoms with Crippen LogP contribution in [-0.4, -0.2) is 18.0 Å². The third kappa shape index (κ3) is 5.09. The molecule has 0 unspecified atom stereocenters. The molecule has 0 aliphatic rings. The Balaban J connectivity index is 2.77. The van der Waals surface area contributed by atoms with Gasteiger partial charge in [0.1, 0.15) is 0 Å². The van der Waals surface area contributed by atoms with Crippen LogP contribution in [0.3, 0.4) is 0 Å². The van der Waals surface area contributed by atoms with Crippen LogP contribution in [0.5, 0.6) is 0 Å². The molecule has 0 spiro atoms. The van der Waals surface area contributed by atoms with Crippen molar-refractivity contribution in [2.24, 2.45) is 11.8 Å². The molecule has 0 saturated carbocycles. The van der Waals surface area contributed by atoms with Gasteiger partial charge in [-0.15, -0.1) is 0 Å². The van der Waals surface area contributed by atoms with E-state index in [-0.39, 0.29) is 0 Å². The van der Waals surface area contributed by atoms with Gasteiger partial charge in [0.25, 0.3) is 0 Å². The Kier molecular flexibility index (Phi) is 5.67. The Morgan fingerprint density at radius 1 is 1.06 bits per heavy atom. The Hall–Kier alpha value is -1.02. The second-order valence-electron chi connectivity index (χ2n) is 6.18. The lowest BCUT2D eigenvalue weighted by Crippen LogP contribution is -2.31. The quantitative estimate of drug-likeness (QED) is 0.778. The van der Waals surface area contributed by atoms with E-state index in [0.29, 0.717) is 11.8 Å². The van der Waals surface area contributed by atoms with E-state index in [1.54, 1.807) is 0 Å². The molecule has 1 rings (SSSR count). The molecule has 2 heteroatoms. The molecule has 102 valence electrons. The minimum atomic E-state index is 0.690. The van der Waals surface area contributed by atoms with Crippen LogP contribution in [0.1, 0.15) is 38.8 Å². The topological polar surface area (TPSA) is 29.3 Å². The first kappa shape index (κ1) is 15.0. The normalized spacial score (nSPS) is 11.8. The average Bonchev–Trinajstić information content (AvgIpc) is 2.21. The standard InChI is InChI=1S/C16H28N2/c1-12(2)9-18(10-13(3)4)11-15-8-14(5)6-7-16(15)17/h6-8,12-13H,9-11,17H2,1-5H3. The van der Waals surface area contributed by atoms with Gasteiger partial charge in [0.15, 0.2) is 0 Å². The van der Waals surface area contributed by atoms with E-state index >= 15 is 0 Å². The molecule has 1 aromatic rings. The zero-order chi connectivity index (χ0) is 13.7. The summed E-state index contributed by atoms with van der Waals surface area (Å²) in [5.41, 5.74) is 9.53. The van der Waals surface area contributed by atoms with Crippen LogP contribution >= 0.6 is 0 Å². The first-order valence-electron chi connectivity index (χ1n) is 6.95. The predicted molar refractivity (Wildman–Crippen MR) is 80.5 cm³/mol. The van der Waals surface area contributed by atoms with Crippen LogP contribution in [0.15, 0.2) is 18.2 Å². The predicted octanol–water partition coefficient (Wildman–Crippen LogP) is 3.69. The second kappa shape index (κ2) is 6.79. The summed E-state index contributed by atoms with van der Waals surface area (Å²) in [5, 5.41) is 0. The maximum absolute atomic E-state index is 6.07. The fourth-order valence-electron chi connectivity index (χ4n) is 2.35. The van der Waals surface area contributed by atoms with Crippen molar-refractivity contribution in [2.75, 3.05) is 18.8 Å². The van der Waals surface area contributed by atoms with Gasteiger partial charge in [0.05, 0.1) is 0 Å². The highest BCUT2D eigenvalue weighted by atomic mass is 15.1. The van der Waals surface area contributed by atoms with Crippen molar-refractivity contribution in [3.63, 3.8) is 0 Å². The van der Waals surface area contributed by atoms with E-state index in [9.17, 15) is 0 Å². The third-order valence-electron chi connectivity index (χ3n) is 2.94. The van der Waals surface area contributed by atoms with Crippen molar-refractivity contribution in [1.29, 1.82) is 0 Å². The summed E-state index contributed by atoms with van der Waals surface area (Å²) < 4.78 is 0. The van der Waals surface area contributed by atoms with Gasteiger partial charge in [-0.2, -0.15) is 0 Å². The number of hydrogen-bond donors (Lipinski definition) is 1. The molecule has 0 amide bonds. The number of aryl methyl sites for hydroxylation is 1. The Morgan fingerprint density at radius 3 is 2.11 bits per heavy atom. The monoisotopic (exact) mass is 248 g/mol. The number of anilines is 1. The minimum absolute atomic E-state index is 0.690. The van der Waals surface area contributed by atoms with E-state index < -0.39 is 0 Å². The molecule has 0 fully saturated rings. The van der Waals surface area contributed by atoms with Gasteiger partial charge in [0, 0.05) is 25.3 Å². The first-order valence-corrected chi connectivity index (χ1v) is 6.95. The second-order valence-corrected chi connectivity index (χ2v) is 6.18. The fraction of sp³-hybridized carbons (Fsp3) is 0.625. The van der Waals surface area contributed by atoms with Gasteiger partial charge in [-0.25, -0.2) is 0 Å². The SMILES string of the molecule is Cc1ccc(N)c(CN(CC(C)C)CC(C)C)c1. The molecule has 0 aliphatic carbocycles. The maximum Gasteiger partial charge on any atom is 0.0359 e. The Labute approximate surface area is 112 Å². The Bertz CT molecular complexity index is 359. The van der Waals surface area contributed by atoms with Gasteiger partial charge in [0.2, 0.25) is 0 Å². The number of rotatable bonds is 6. The molecule has 0 heterocycles. The van der Waals surface area contributed by atoms with E-state index in [0.717, 1.165) is 25.3 Å². The van der Waals surface area contributed by atoms with Gasteiger partial charge in [-0.05, 0) is 30.4 Å². The summed E-state index contributed by atoms with van der Waals surface area (Å²) in [4.78, 5) is 2.51. The summed E-state index contributed by atoms with van der Waals surface area (Å²) in [7, 11) is 0. The van der Waals surface area contributed by atoms with E-state index in [4.69, 9.17) is 5.73 Å². The van der Waals surface area contributed by atoms with Crippen LogP contribution in [0.4, 0.5) is 5.69 Å². The van der Waals surface area contributed by atoms with E-state index in [2.05, 4.69) is 51.7 Å². The van der Waals surface area contributed by atoms with Gasteiger partial charge in [-0.1, -0.05) is 45.4 Å². The highest BCUT2D eigenvalue weighted by Gasteiger charge is 2.11. The lowest BCUT2D eigenvalue weighted by molar-refractivity contribution is 0.212. The minimum Gasteiger partial charge on any atom is -0.398 e. The molecule has 2 nitrogen and oxygen atoms in total. The first-order chi connectivity index (χ1) is 8.38. The van der Waals surface area contributed by atoms with E-state index in [1.807, 2.05) is 6.07 Å². The van der Waals surface area contributed by atoms with Crippen molar-refractivity contribution in [2.45, 2.75) is 41.2 Å². The number of benzene rings is 1. The summed E-state index contributed by atoms with van der Waals surface area (Å²) in [5.74, 6) is 1.38. The third-order valence-corrected chi connectivity index (χ3v) is 2.94. The molecule has 0 bridgehead atoms. The zero-order valence-electron chi connectivity index (χ0n) is 12.5. The zero-order valence-corrected chi connectivity index (χ0v) is 12.5. The van der Waals surface area contributed by atoms with Crippen LogP contribution in [0.2, 0.25) is 0 Å². The molecule has 0 radical (unpaired) electrons. The highest BCUT2D eigenvalue weighted by molar-refractivity contribution is 5.48. The Morgan fingerprint density at radius 2 is 1.61 bits per heavy atom. The number of nitrogen functional groups attached to an aromatic ring is 1. The van der Waals surface area contributed by atoms with Crippen LogP contribution in [0.25, 0.3) is 0 Å². The lowest BCUT2D eigenvalue weighted by Gasteiger charge is -2.26.